The van der Waals surface area contributed by atoms with Crippen molar-refractivity contribution in [3.8, 4) is 11.5 Å². The van der Waals surface area contributed by atoms with Crippen LogP contribution in [0.1, 0.15) is 18.4 Å². The number of fused-ring (bicyclic) bond motifs is 1. The smallest absolute Gasteiger partial charge is 0.234 e. The van der Waals surface area contributed by atoms with E-state index >= 15 is 0 Å². The number of ether oxygens (including phenoxy) is 2. The molecule has 4 rings (SSSR count). The van der Waals surface area contributed by atoms with Gasteiger partial charge in [0, 0.05) is 12.6 Å². The molecule has 1 aromatic heterocycles. The number of amides is 1. The number of carbonyl (C=O) groups excluding carboxylic acids is 1. The summed E-state index contributed by atoms with van der Waals surface area (Å²) in [6, 6.07) is 6.06. The zero-order chi connectivity index (χ0) is 17.1. The number of hydrogen-bond acceptors (Lipinski definition) is 6. The summed E-state index contributed by atoms with van der Waals surface area (Å²) in [5.41, 5.74) is 0.998. The van der Waals surface area contributed by atoms with Gasteiger partial charge >= 0.3 is 0 Å². The molecule has 8 nitrogen and oxygen atoms in total. The minimum Gasteiger partial charge on any atom is -0.454 e. The van der Waals surface area contributed by atoms with E-state index in [9.17, 15) is 4.79 Å². The van der Waals surface area contributed by atoms with Crippen LogP contribution < -0.4 is 14.8 Å². The van der Waals surface area contributed by atoms with Gasteiger partial charge in [-0.15, -0.1) is 0 Å². The fourth-order valence-corrected chi connectivity index (χ4v) is 3.34. The Bertz CT molecular complexity index is 734. The van der Waals surface area contributed by atoms with E-state index in [-0.39, 0.29) is 12.7 Å². The zero-order valence-electron chi connectivity index (χ0n) is 13.9. The van der Waals surface area contributed by atoms with Crippen molar-refractivity contribution in [2.75, 3.05) is 19.9 Å². The summed E-state index contributed by atoms with van der Waals surface area (Å²) < 4.78 is 12.5. The fraction of sp³-hybridized carbons (Fsp3) is 0.471. The summed E-state index contributed by atoms with van der Waals surface area (Å²) in [5, 5.41) is 7.14. The molecule has 2 aromatic rings. The highest BCUT2D eigenvalue weighted by atomic mass is 16.7. The molecule has 2 aliphatic rings. The predicted octanol–water partition coefficient (Wildman–Crippen LogP) is 0.788. The van der Waals surface area contributed by atoms with Gasteiger partial charge in [-0.2, -0.15) is 5.10 Å². The second-order valence-electron chi connectivity index (χ2n) is 6.35. The molecule has 2 aliphatic heterocycles. The van der Waals surface area contributed by atoms with Crippen molar-refractivity contribution in [1.82, 2.24) is 25.0 Å². The molecular weight excluding hydrogens is 322 g/mol. The Balaban J connectivity index is 1.28. The van der Waals surface area contributed by atoms with Crippen molar-refractivity contribution in [3.63, 3.8) is 0 Å². The summed E-state index contributed by atoms with van der Waals surface area (Å²) in [4.78, 5) is 18.5. The lowest BCUT2D eigenvalue weighted by Crippen LogP contribution is -2.41. The molecule has 0 bridgehead atoms. The van der Waals surface area contributed by atoms with Gasteiger partial charge in [-0.3, -0.25) is 14.4 Å². The van der Waals surface area contributed by atoms with Gasteiger partial charge in [0.05, 0.1) is 13.1 Å². The van der Waals surface area contributed by atoms with Gasteiger partial charge in [0.1, 0.15) is 12.7 Å². The first-order chi connectivity index (χ1) is 12.3. The normalized spacial score (nSPS) is 19.3. The Morgan fingerprint density at radius 2 is 2.24 bits per heavy atom. The minimum atomic E-state index is 0.0307. The summed E-state index contributed by atoms with van der Waals surface area (Å²) in [6.45, 7) is 2.86. The highest BCUT2D eigenvalue weighted by Crippen LogP contribution is 2.32. The van der Waals surface area contributed by atoms with Crippen LogP contribution in [0.2, 0.25) is 0 Å². The van der Waals surface area contributed by atoms with Crippen molar-refractivity contribution >= 4 is 5.91 Å². The lowest BCUT2D eigenvalue weighted by molar-refractivity contribution is -0.122. The van der Waals surface area contributed by atoms with Gasteiger partial charge in [0.25, 0.3) is 0 Å². The Kier molecular flexibility index (Phi) is 4.51. The Morgan fingerprint density at radius 3 is 3.12 bits per heavy atom. The summed E-state index contributed by atoms with van der Waals surface area (Å²) >= 11 is 0. The van der Waals surface area contributed by atoms with Gasteiger partial charge in [-0.25, -0.2) is 4.98 Å². The van der Waals surface area contributed by atoms with Crippen LogP contribution >= 0.6 is 0 Å². The minimum absolute atomic E-state index is 0.0307. The maximum atomic E-state index is 12.3. The molecule has 1 fully saturated rings. The molecule has 1 N–H and O–H groups in total. The number of benzene rings is 1. The van der Waals surface area contributed by atoms with Crippen molar-refractivity contribution < 1.29 is 14.3 Å². The highest BCUT2D eigenvalue weighted by molar-refractivity contribution is 5.78. The van der Waals surface area contributed by atoms with Crippen LogP contribution in [0.3, 0.4) is 0 Å². The van der Waals surface area contributed by atoms with Gasteiger partial charge in [-0.05, 0) is 37.1 Å². The van der Waals surface area contributed by atoms with Crippen molar-refractivity contribution in [1.29, 1.82) is 0 Å². The fourth-order valence-electron chi connectivity index (χ4n) is 3.34. The van der Waals surface area contributed by atoms with Crippen LogP contribution in [0.4, 0.5) is 0 Å². The molecule has 1 aromatic carbocycles. The third kappa shape index (κ3) is 3.74. The highest BCUT2D eigenvalue weighted by Gasteiger charge is 2.26. The summed E-state index contributed by atoms with van der Waals surface area (Å²) in [5.74, 6) is 1.52. The quantitative estimate of drug-likeness (QED) is 0.835. The van der Waals surface area contributed by atoms with Gasteiger partial charge in [-0.1, -0.05) is 6.07 Å². The number of carbonyl (C=O) groups is 1. The largest absolute Gasteiger partial charge is 0.454 e. The number of likely N-dealkylation sites (tertiary alicyclic amines) is 1. The third-order valence-electron chi connectivity index (χ3n) is 4.64. The lowest BCUT2D eigenvalue weighted by atomic mass is 10.2. The Labute approximate surface area is 145 Å². The molecule has 1 atom stereocenters. The maximum Gasteiger partial charge on any atom is 0.234 e. The SMILES string of the molecule is O=C(CN1CCCC1Cn1cncn1)NCc1ccc2c(c1)OCO2. The summed E-state index contributed by atoms with van der Waals surface area (Å²) in [7, 11) is 0. The van der Waals surface area contributed by atoms with E-state index in [1.54, 1.807) is 6.33 Å². The summed E-state index contributed by atoms with van der Waals surface area (Å²) in [6.07, 6.45) is 5.44. The number of nitrogens with zero attached hydrogens (tertiary/aromatic N) is 4. The maximum absolute atomic E-state index is 12.3. The van der Waals surface area contributed by atoms with E-state index in [4.69, 9.17) is 9.47 Å². The van der Waals surface area contributed by atoms with Gasteiger partial charge in [0.15, 0.2) is 11.5 Å². The molecule has 0 saturated carbocycles. The number of hydrogen-bond donors (Lipinski definition) is 1. The molecule has 25 heavy (non-hydrogen) atoms. The molecule has 0 radical (unpaired) electrons. The first-order valence-corrected chi connectivity index (χ1v) is 8.49. The van der Waals surface area contributed by atoms with E-state index in [1.165, 1.54) is 6.33 Å². The molecule has 0 aliphatic carbocycles. The Morgan fingerprint density at radius 1 is 1.32 bits per heavy atom. The average molecular weight is 343 g/mol. The average Bonchev–Trinajstić information content (AvgIpc) is 3.35. The first-order valence-electron chi connectivity index (χ1n) is 8.49. The standard InChI is InChI=1S/C17H21N5O3/c23-17(19-7-13-3-4-15-16(6-13)25-12-24-15)9-21-5-1-2-14(21)8-22-11-18-10-20-22/h3-4,6,10-11,14H,1-2,5,7-9,12H2,(H,19,23). The molecule has 132 valence electrons. The van der Waals surface area contributed by atoms with E-state index in [2.05, 4.69) is 20.3 Å². The van der Waals surface area contributed by atoms with Gasteiger partial charge in [0.2, 0.25) is 12.7 Å². The molecule has 1 saturated heterocycles. The third-order valence-corrected chi connectivity index (χ3v) is 4.64. The van der Waals surface area contributed by atoms with E-state index in [0.717, 1.165) is 43.0 Å². The van der Waals surface area contributed by atoms with Crippen LogP contribution in [0, 0.1) is 0 Å². The van der Waals surface area contributed by atoms with E-state index in [0.29, 0.717) is 19.1 Å². The van der Waals surface area contributed by atoms with Crippen molar-refractivity contribution in [2.24, 2.45) is 0 Å². The monoisotopic (exact) mass is 343 g/mol. The predicted molar refractivity (Wildman–Crippen MR) is 89.0 cm³/mol. The Hall–Kier alpha value is -2.61. The number of aromatic nitrogens is 3. The molecule has 8 heteroatoms. The number of nitrogens with one attached hydrogen (secondary N) is 1. The van der Waals surface area contributed by atoms with Gasteiger partial charge < -0.3 is 14.8 Å². The molecule has 0 spiro atoms. The van der Waals surface area contributed by atoms with Crippen LogP contribution in [0.15, 0.2) is 30.9 Å². The van der Waals surface area contributed by atoms with E-state index < -0.39 is 0 Å². The molecule has 1 amide bonds. The molecular formula is C17H21N5O3. The van der Waals surface area contributed by atoms with E-state index in [1.807, 2.05) is 22.9 Å². The molecule has 1 unspecified atom stereocenters. The topological polar surface area (TPSA) is 81.5 Å². The lowest BCUT2D eigenvalue weighted by Gasteiger charge is -2.23. The van der Waals surface area contributed by atoms with Crippen LogP contribution in [0.5, 0.6) is 11.5 Å². The van der Waals surface area contributed by atoms with Crippen LogP contribution in [-0.4, -0.2) is 51.5 Å². The second kappa shape index (κ2) is 7.10. The van der Waals surface area contributed by atoms with Crippen molar-refractivity contribution in [3.05, 3.63) is 36.4 Å². The first kappa shape index (κ1) is 15.9. The zero-order valence-corrected chi connectivity index (χ0v) is 13.9. The van der Waals surface area contributed by atoms with Crippen LogP contribution in [-0.2, 0) is 17.9 Å². The van der Waals surface area contributed by atoms with Crippen LogP contribution in [0.25, 0.3) is 0 Å². The number of rotatable bonds is 6. The molecule has 3 heterocycles. The van der Waals surface area contributed by atoms with Crippen molar-refractivity contribution in [2.45, 2.75) is 32.0 Å². The second-order valence-corrected chi connectivity index (χ2v) is 6.35.